The lowest BCUT2D eigenvalue weighted by Gasteiger charge is -2.19. The number of aromatic nitrogens is 2. The number of anilines is 3. The molecule has 31 heavy (non-hydrogen) atoms. The van der Waals surface area contributed by atoms with Crippen molar-refractivity contribution in [3.63, 3.8) is 0 Å². The van der Waals surface area contributed by atoms with Crippen molar-refractivity contribution in [2.24, 2.45) is 0 Å². The molecule has 1 atom stereocenters. The molecule has 3 N–H and O–H groups in total. The highest BCUT2D eigenvalue weighted by Gasteiger charge is 2.34. The number of rotatable bonds is 6. The number of amides is 2. The van der Waals surface area contributed by atoms with Gasteiger partial charge in [0.05, 0.1) is 5.56 Å². The Morgan fingerprint density at radius 2 is 2.06 bits per heavy atom. The summed E-state index contributed by atoms with van der Waals surface area (Å²) in [7, 11) is 5.13. The van der Waals surface area contributed by atoms with Gasteiger partial charge in [0.1, 0.15) is 5.82 Å². The van der Waals surface area contributed by atoms with Crippen molar-refractivity contribution in [3.8, 4) is 0 Å². The summed E-state index contributed by atoms with van der Waals surface area (Å²) in [6.07, 6.45) is -2.16. The normalized spacial score (nSPS) is 16.5. The van der Waals surface area contributed by atoms with Gasteiger partial charge in [0, 0.05) is 44.6 Å². The maximum atomic E-state index is 13.4. The molecule has 1 unspecified atom stereocenters. The van der Waals surface area contributed by atoms with Crippen molar-refractivity contribution < 1.29 is 18.0 Å². The molecule has 0 saturated carbocycles. The second-order valence-electron chi connectivity index (χ2n) is 7.63. The molecule has 168 valence electrons. The summed E-state index contributed by atoms with van der Waals surface area (Å²) in [6.45, 7) is 1.39. The number of nitrogens with zero attached hydrogens (tertiary/aromatic N) is 4. The molecule has 1 aliphatic rings. The van der Waals surface area contributed by atoms with E-state index in [1.165, 1.54) is 12.1 Å². The maximum absolute atomic E-state index is 13.4. The molecular weight excluding hydrogens is 411 g/mol. The van der Waals surface area contributed by atoms with E-state index in [0.717, 1.165) is 11.9 Å². The number of urea groups is 1. The summed E-state index contributed by atoms with van der Waals surface area (Å²) < 4.78 is 40.3. The lowest BCUT2D eigenvalue weighted by molar-refractivity contribution is -0.138. The Balaban J connectivity index is 1.62. The second kappa shape index (κ2) is 9.38. The van der Waals surface area contributed by atoms with Gasteiger partial charge in [-0.2, -0.15) is 18.2 Å². The van der Waals surface area contributed by atoms with Crippen molar-refractivity contribution >= 4 is 23.5 Å². The minimum Gasteiger partial charge on any atom is -0.357 e. The van der Waals surface area contributed by atoms with E-state index in [4.69, 9.17) is 0 Å². The van der Waals surface area contributed by atoms with Crippen LogP contribution in [0.3, 0.4) is 0 Å². The molecule has 3 rings (SSSR count). The summed E-state index contributed by atoms with van der Waals surface area (Å²) in [4.78, 5) is 24.5. The standard InChI is InChI=1S/C20H26F3N7O/c1-24-18-25-8-6-17(28-18)30-9-7-15(12-30)27-19(31)26-14-5-4-13(11-29(2)3)16(10-14)20(21,22)23/h4-6,8,10,15H,7,9,11-12H2,1-3H3,(H,24,25,28)(H2,26,27,31). The van der Waals surface area contributed by atoms with Crippen LogP contribution in [0.5, 0.6) is 0 Å². The van der Waals surface area contributed by atoms with E-state index in [1.54, 1.807) is 38.3 Å². The summed E-state index contributed by atoms with van der Waals surface area (Å²) >= 11 is 0. The van der Waals surface area contributed by atoms with E-state index in [9.17, 15) is 18.0 Å². The third-order valence-electron chi connectivity index (χ3n) is 4.87. The first-order chi connectivity index (χ1) is 14.7. The van der Waals surface area contributed by atoms with Crippen molar-refractivity contribution in [3.05, 3.63) is 41.6 Å². The Kier molecular flexibility index (Phi) is 6.84. The molecule has 1 fully saturated rings. The van der Waals surface area contributed by atoms with Gasteiger partial charge in [-0.3, -0.25) is 0 Å². The van der Waals surface area contributed by atoms with Gasteiger partial charge in [-0.1, -0.05) is 6.07 Å². The zero-order valence-corrected chi connectivity index (χ0v) is 17.6. The molecular formula is C20H26F3N7O. The second-order valence-corrected chi connectivity index (χ2v) is 7.63. The third kappa shape index (κ3) is 5.97. The first kappa shape index (κ1) is 22.6. The first-order valence-electron chi connectivity index (χ1n) is 9.84. The Morgan fingerprint density at radius 3 is 2.74 bits per heavy atom. The van der Waals surface area contributed by atoms with E-state index in [-0.39, 0.29) is 23.8 Å². The van der Waals surface area contributed by atoms with Gasteiger partial charge < -0.3 is 25.8 Å². The van der Waals surface area contributed by atoms with E-state index in [2.05, 4.69) is 25.9 Å². The maximum Gasteiger partial charge on any atom is 0.416 e. The Hall–Kier alpha value is -3.08. The Morgan fingerprint density at radius 1 is 1.29 bits per heavy atom. The molecule has 11 heteroatoms. The SMILES string of the molecule is CNc1nccc(N2CCC(NC(=O)Nc3ccc(CN(C)C)c(C(F)(F)F)c3)C2)n1. The fourth-order valence-corrected chi connectivity index (χ4v) is 3.48. The van der Waals surface area contributed by atoms with Crippen molar-refractivity contribution in [2.75, 3.05) is 49.8 Å². The third-order valence-corrected chi connectivity index (χ3v) is 4.87. The van der Waals surface area contributed by atoms with E-state index in [1.807, 2.05) is 4.90 Å². The fraction of sp³-hybridized carbons (Fsp3) is 0.450. The molecule has 1 aliphatic heterocycles. The lowest BCUT2D eigenvalue weighted by atomic mass is 10.1. The topological polar surface area (TPSA) is 85.4 Å². The predicted octanol–water partition coefficient (Wildman–Crippen LogP) is 3.00. The van der Waals surface area contributed by atoms with Gasteiger partial charge in [-0.25, -0.2) is 9.78 Å². The van der Waals surface area contributed by atoms with Crippen LogP contribution in [0.2, 0.25) is 0 Å². The van der Waals surface area contributed by atoms with Crippen LogP contribution in [0.25, 0.3) is 0 Å². The molecule has 1 aromatic carbocycles. The monoisotopic (exact) mass is 437 g/mol. The van der Waals surface area contributed by atoms with Crippen LogP contribution in [0, 0.1) is 0 Å². The van der Waals surface area contributed by atoms with Gasteiger partial charge in [0.15, 0.2) is 0 Å². The van der Waals surface area contributed by atoms with Crippen molar-refractivity contribution in [1.82, 2.24) is 20.2 Å². The van der Waals surface area contributed by atoms with Crippen molar-refractivity contribution in [1.29, 1.82) is 0 Å². The number of alkyl halides is 3. The number of halogens is 3. The molecule has 0 radical (unpaired) electrons. The smallest absolute Gasteiger partial charge is 0.357 e. The van der Waals surface area contributed by atoms with Gasteiger partial charge in [-0.15, -0.1) is 0 Å². The molecule has 8 nitrogen and oxygen atoms in total. The highest BCUT2D eigenvalue weighted by molar-refractivity contribution is 5.89. The van der Waals surface area contributed by atoms with Gasteiger partial charge in [0.2, 0.25) is 5.95 Å². The highest BCUT2D eigenvalue weighted by Crippen LogP contribution is 2.34. The molecule has 0 bridgehead atoms. The molecule has 0 aliphatic carbocycles. The Labute approximate surface area is 178 Å². The number of nitrogens with one attached hydrogen (secondary N) is 3. The Bertz CT molecular complexity index is 920. The first-order valence-corrected chi connectivity index (χ1v) is 9.84. The molecule has 2 aromatic rings. The number of benzene rings is 1. The van der Waals surface area contributed by atoms with Crippen LogP contribution in [0.15, 0.2) is 30.5 Å². The van der Waals surface area contributed by atoms with Crippen LogP contribution in [0.1, 0.15) is 17.5 Å². The minimum absolute atomic E-state index is 0.0941. The lowest BCUT2D eigenvalue weighted by Crippen LogP contribution is -2.39. The van der Waals surface area contributed by atoms with Crippen LogP contribution in [0.4, 0.5) is 35.4 Å². The number of hydrogen-bond donors (Lipinski definition) is 3. The summed E-state index contributed by atoms with van der Waals surface area (Å²) in [5, 5.41) is 8.22. The molecule has 1 aromatic heterocycles. The summed E-state index contributed by atoms with van der Waals surface area (Å²) in [6, 6.07) is 4.94. The zero-order chi connectivity index (χ0) is 22.6. The molecule has 0 spiro atoms. The average molecular weight is 437 g/mol. The average Bonchev–Trinajstić information content (AvgIpc) is 3.16. The largest absolute Gasteiger partial charge is 0.416 e. The van der Waals surface area contributed by atoms with Crippen LogP contribution in [-0.2, 0) is 12.7 Å². The van der Waals surface area contributed by atoms with Gasteiger partial charge in [-0.05, 0) is 44.3 Å². The molecule has 2 amide bonds. The van der Waals surface area contributed by atoms with Crippen LogP contribution < -0.4 is 20.9 Å². The zero-order valence-electron chi connectivity index (χ0n) is 17.6. The molecule has 1 saturated heterocycles. The highest BCUT2D eigenvalue weighted by atomic mass is 19.4. The van der Waals surface area contributed by atoms with E-state index >= 15 is 0 Å². The minimum atomic E-state index is -4.50. The van der Waals surface area contributed by atoms with Gasteiger partial charge in [0.25, 0.3) is 0 Å². The van der Waals surface area contributed by atoms with Crippen LogP contribution >= 0.6 is 0 Å². The van der Waals surface area contributed by atoms with E-state index in [0.29, 0.717) is 25.5 Å². The number of carbonyl (C=O) groups excluding carboxylic acids is 1. The van der Waals surface area contributed by atoms with E-state index < -0.39 is 17.8 Å². The fourth-order valence-electron chi connectivity index (χ4n) is 3.48. The number of hydrogen-bond acceptors (Lipinski definition) is 6. The van der Waals surface area contributed by atoms with Gasteiger partial charge >= 0.3 is 12.2 Å². The molecule has 2 heterocycles. The van der Waals surface area contributed by atoms with Crippen LogP contribution in [-0.4, -0.2) is 61.2 Å². The van der Waals surface area contributed by atoms with Crippen molar-refractivity contribution in [2.45, 2.75) is 25.2 Å². The predicted molar refractivity (Wildman–Crippen MR) is 113 cm³/mol. The number of carbonyl (C=O) groups is 1. The summed E-state index contributed by atoms with van der Waals surface area (Å²) in [5.41, 5.74) is -0.507. The quantitative estimate of drug-likeness (QED) is 0.644. The summed E-state index contributed by atoms with van der Waals surface area (Å²) in [5.74, 6) is 1.25.